The lowest BCUT2D eigenvalue weighted by Crippen LogP contribution is -2.13. The molecule has 4 heteroatoms. The van der Waals surface area contributed by atoms with Crippen molar-refractivity contribution in [2.45, 2.75) is 62.9 Å². The van der Waals surface area contributed by atoms with E-state index in [4.69, 9.17) is 4.42 Å². The van der Waals surface area contributed by atoms with Gasteiger partial charge in [-0.2, -0.15) is 11.8 Å². The highest BCUT2D eigenvalue weighted by Crippen LogP contribution is 2.35. The van der Waals surface area contributed by atoms with Crippen molar-refractivity contribution in [2.75, 3.05) is 5.32 Å². The van der Waals surface area contributed by atoms with E-state index in [-0.39, 0.29) is 5.91 Å². The monoisotopic (exact) mass is 407 g/mol. The van der Waals surface area contributed by atoms with Gasteiger partial charge in [0.2, 0.25) is 0 Å². The summed E-state index contributed by atoms with van der Waals surface area (Å²) in [4.78, 5) is 13.1. The summed E-state index contributed by atoms with van der Waals surface area (Å²) >= 11 is 1.97. The van der Waals surface area contributed by atoms with Crippen LogP contribution in [0.5, 0.6) is 0 Å². The number of nitrogens with one attached hydrogen (secondary N) is 1. The minimum Gasteiger partial charge on any atom is -0.451 e. The van der Waals surface area contributed by atoms with Crippen molar-refractivity contribution in [2.24, 2.45) is 0 Å². The zero-order chi connectivity index (χ0) is 20.2. The van der Waals surface area contributed by atoms with E-state index in [9.17, 15) is 4.79 Å². The molecular weight excluding hydrogens is 378 g/mol. The second kappa shape index (κ2) is 9.08. The van der Waals surface area contributed by atoms with Crippen LogP contribution in [0.4, 0.5) is 5.69 Å². The fraction of sp³-hybridized carbons (Fsp3) is 0.400. The van der Waals surface area contributed by atoms with Crippen LogP contribution in [-0.2, 0) is 5.75 Å². The molecule has 1 aliphatic carbocycles. The Hall–Kier alpha value is -2.20. The largest absolute Gasteiger partial charge is 0.451 e. The summed E-state index contributed by atoms with van der Waals surface area (Å²) in [7, 11) is 0. The van der Waals surface area contributed by atoms with Crippen LogP contribution in [0.25, 0.3) is 11.0 Å². The van der Waals surface area contributed by atoms with Crippen LogP contribution in [0.15, 0.2) is 52.9 Å². The molecule has 152 valence electrons. The first-order valence-electron chi connectivity index (χ1n) is 10.6. The Morgan fingerprint density at radius 2 is 1.79 bits per heavy atom. The molecule has 0 atom stereocenters. The fourth-order valence-corrected chi connectivity index (χ4v) is 5.35. The third-order valence-corrected chi connectivity index (χ3v) is 7.15. The van der Waals surface area contributed by atoms with Gasteiger partial charge in [0.25, 0.3) is 5.91 Å². The minimum atomic E-state index is -0.169. The van der Waals surface area contributed by atoms with Crippen LogP contribution in [-0.4, -0.2) is 11.2 Å². The lowest BCUT2D eigenvalue weighted by atomic mass is 10.0. The third kappa shape index (κ3) is 4.69. The van der Waals surface area contributed by atoms with Gasteiger partial charge >= 0.3 is 0 Å². The lowest BCUT2D eigenvalue weighted by molar-refractivity contribution is 0.0998. The number of anilines is 1. The molecule has 2 aromatic carbocycles. The summed E-state index contributed by atoms with van der Waals surface area (Å²) in [6.07, 6.45) is 6.57. The topological polar surface area (TPSA) is 42.2 Å². The number of carbonyl (C=O) groups excluding carboxylic acids is 1. The molecule has 29 heavy (non-hydrogen) atoms. The molecule has 1 fully saturated rings. The summed E-state index contributed by atoms with van der Waals surface area (Å²) in [5.41, 5.74) is 3.86. The van der Waals surface area contributed by atoms with Crippen LogP contribution >= 0.6 is 11.8 Å². The van der Waals surface area contributed by atoms with Gasteiger partial charge < -0.3 is 9.73 Å². The molecule has 0 saturated heterocycles. The number of para-hydroxylation sites is 1. The van der Waals surface area contributed by atoms with Gasteiger partial charge in [-0.25, -0.2) is 0 Å². The molecule has 0 radical (unpaired) electrons. The second-order valence-electron chi connectivity index (χ2n) is 8.21. The van der Waals surface area contributed by atoms with Gasteiger partial charge in [-0.3, -0.25) is 4.79 Å². The van der Waals surface area contributed by atoms with E-state index < -0.39 is 0 Å². The Kier molecular flexibility index (Phi) is 6.29. The number of furan rings is 1. The molecule has 3 aromatic rings. The van der Waals surface area contributed by atoms with Crippen molar-refractivity contribution in [3.8, 4) is 0 Å². The molecule has 1 amide bonds. The number of amides is 1. The normalized spacial score (nSPS) is 15.1. The highest BCUT2D eigenvalue weighted by Gasteiger charge is 2.22. The van der Waals surface area contributed by atoms with Gasteiger partial charge in [0.15, 0.2) is 5.76 Å². The molecule has 0 unspecified atom stereocenters. The Bertz CT molecular complexity index is 968. The van der Waals surface area contributed by atoms with Gasteiger partial charge in [0.1, 0.15) is 5.58 Å². The van der Waals surface area contributed by atoms with Crippen molar-refractivity contribution in [3.05, 3.63) is 65.4 Å². The molecular formula is C25H29NO2S. The fourth-order valence-electron chi connectivity index (χ4n) is 4.00. The average Bonchev–Trinajstić information content (AvgIpc) is 3.12. The second-order valence-corrected chi connectivity index (χ2v) is 9.50. The minimum absolute atomic E-state index is 0.169. The van der Waals surface area contributed by atoms with E-state index in [1.54, 1.807) is 0 Å². The molecule has 3 nitrogen and oxygen atoms in total. The van der Waals surface area contributed by atoms with E-state index in [0.717, 1.165) is 28.0 Å². The van der Waals surface area contributed by atoms with Crippen molar-refractivity contribution in [1.82, 2.24) is 0 Å². The van der Waals surface area contributed by atoms with Gasteiger partial charge in [0, 0.05) is 27.6 Å². The van der Waals surface area contributed by atoms with E-state index in [2.05, 4.69) is 37.4 Å². The van der Waals surface area contributed by atoms with Gasteiger partial charge in [0.05, 0.1) is 0 Å². The number of rotatable bonds is 6. The van der Waals surface area contributed by atoms with Crippen LogP contribution in [0.1, 0.15) is 73.6 Å². The van der Waals surface area contributed by atoms with Crippen LogP contribution in [0.3, 0.4) is 0 Å². The first kappa shape index (κ1) is 20.1. The Balaban J connectivity index is 1.55. The number of hydrogen-bond acceptors (Lipinski definition) is 3. The van der Waals surface area contributed by atoms with E-state index in [0.29, 0.717) is 16.9 Å². The molecule has 1 saturated carbocycles. The van der Waals surface area contributed by atoms with E-state index in [1.807, 2.05) is 42.1 Å². The number of fused-ring (bicyclic) bond motifs is 1. The molecule has 0 spiro atoms. The predicted molar refractivity (Wildman–Crippen MR) is 123 cm³/mol. The molecule has 1 aromatic heterocycles. The maximum Gasteiger partial charge on any atom is 0.291 e. The van der Waals surface area contributed by atoms with Gasteiger partial charge in [-0.05, 0) is 42.5 Å². The summed E-state index contributed by atoms with van der Waals surface area (Å²) in [5, 5.41) is 4.77. The van der Waals surface area contributed by atoms with E-state index >= 15 is 0 Å². The summed E-state index contributed by atoms with van der Waals surface area (Å²) in [5.74, 6) is 1.57. The number of benzene rings is 2. The van der Waals surface area contributed by atoms with Crippen LogP contribution < -0.4 is 5.32 Å². The van der Waals surface area contributed by atoms with Crippen molar-refractivity contribution >= 4 is 34.3 Å². The first-order valence-corrected chi connectivity index (χ1v) is 11.7. The number of thioether (sulfide) groups is 1. The SMILES string of the molecule is CC(C)c1ccc(NC(=O)c2oc3ccccc3c2CSC2CCCCC2)cc1. The lowest BCUT2D eigenvalue weighted by Gasteiger charge is -2.20. The highest BCUT2D eigenvalue weighted by molar-refractivity contribution is 7.99. The summed E-state index contributed by atoms with van der Waals surface area (Å²) in [6, 6.07) is 16.0. The van der Waals surface area contributed by atoms with Crippen molar-refractivity contribution in [3.63, 3.8) is 0 Å². The molecule has 1 N–H and O–H groups in total. The maximum absolute atomic E-state index is 13.1. The standard InChI is InChI=1S/C25H29NO2S/c1-17(2)18-12-14-19(15-13-18)26-25(27)24-22(16-29-20-8-4-3-5-9-20)21-10-6-7-11-23(21)28-24/h6-7,10-15,17,20H,3-5,8-9,16H2,1-2H3,(H,26,27). The molecule has 0 aliphatic heterocycles. The van der Waals surface area contributed by atoms with Crippen LogP contribution in [0.2, 0.25) is 0 Å². The average molecular weight is 408 g/mol. The molecule has 1 heterocycles. The first-order chi connectivity index (χ1) is 14.1. The molecule has 1 aliphatic rings. The Labute approximate surface area is 177 Å². The molecule has 4 rings (SSSR count). The third-order valence-electron chi connectivity index (χ3n) is 5.76. The van der Waals surface area contributed by atoms with E-state index in [1.165, 1.54) is 37.7 Å². The van der Waals surface area contributed by atoms with Crippen LogP contribution in [0, 0.1) is 0 Å². The Morgan fingerprint density at radius 3 is 2.52 bits per heavy atom. The van der Waals surface area contributed by atoms with Crippen molar-refractivity contribution < 1.29 is 9.21 Å². The maximum atomic E-state index is 13.1. The Morgan fingerprint density at radius 1 is 1.07 bits per heavy atom. The van der Waals surface area contributed by atoms with Gasteiger partial charge in [-0.1, -0.05) is 63.4 Å². The smallest absolute Gasteiger partial charge is 0.291 e. The van der Waals surface area contributed by atoms with Crippen molar-refractivity contribution in [1.29, 1.82) is 0 Å². The highest BCUT2D eigenvalue weighted by atomic mass is 32.2. The zero-order valence-electron chi connectivity index (χ0n) is 17.2. The predicted octanol–water partition coefficient (Wildman–Crippen LogP) is 7.37. The molecule has 0 bridgehead atoms. The quantitative estimate of drug-likeness (QED) is 0.463. The number of hydrogen-bond donors (Lipinski definition) is 1. The van der Waals surface area contributed by atoms with Gasteiger partial charge in [-0.15, -0.1) is 0 Å². The zero-order valence-corrected chi connectivity index (χ0v) is 18.1. The number of carbonyl (C=O) groups is 1. The summed E-state index contributed by atoms with van der Waals surface area (Å²) in [6.45, 7) is 4.33. The summed E-state index contributed by atoms with van der Waals surface area (Å²) < 4.78 is 6.01.